The number of nitrogens with zero attached hydrogens (tertiary/aromatic N) is 1. The van der Waals surface area contributed by atoms with Crippen molar-refractivity contribution in [1.29, 1.82) is 0 Å². The third-order valence-corrected chi connectivity index (χ3v) is 1.28. The Kier molecular flexibility index (Phi) is 7.19. The van der Waals surface area contributed by atoms with Crippen LogP contribution in [0.2, 0.25) is 0 Å². The van der Waals surface area contributed by atoms with Gasteiger partial charge in [0.25, 0.3) is 0 Å². The third kappa shape index (κ3) is 8.85. The minimum absolute atomic E-state index is 0.249. The summed E-state index contributed by atoms with van der Waals surface area (Å²) in [5.74, 6) is -0.249. The predicted octanol–water partition coefficient (Wildman–Crippen LogP) is 1.06. The van der Waals surface area contributed by atoms with E-state index in [0.717, 1.165) is 19.3 Å². The summed E-state index contributed by atoms with van der Waals surface area (Å²) in [7, 11) is 0. The maximum Gasteiger partial charge on any atom is 0.302 e. The molecule has 12 heavy (non-hydrogen) atoms. The number of unbranched alkanes of at least 4 members (excludes halogenated alkanes) is 2. The third-order valence-electron chi connectivity index (χ3n) is 1.28. The van der Waals surface area contributed by atoms with Crippen LogP contribution >= 0.6 is 0 Å². The first-order valence-electron chi connectivity index (χ1n) is 3.94. The number of rotatable bonds is 6. The molecule has 0 spiro atoms. The molecule has 0 saturated carbocycles. The molecular formula is C8H13NO3. The zero-order valence-electron chi connectivity index (χ0n) is 7.21. The normalized spacial score (nSPS) is 8.75. The van der Waals surface area contributed by atoms with E-state index in [2.05, 4.69) is 4.99 Å². The molecule has 0 N–H and O–H groups in total. The molecule has 0 heterocycles. The van der Waals surface area contributed by atoms with Gasteiger partial charge in [-0.15, -0.1) is 0 Å². The lowest BCUT2D eigenvalue weighted by Crippen LogP contribution is -2.00. The molecule has 0 rings (SSSR count). The van der Waals surface area contributed by atoms with Gasteiger partial charge < -0.3 is 4.74 Å². The standard InChI is InChI=1S/C8H13NO3/c1-8(11)12-6-4-2-3-5-9-7-10/h2-6H2,1H3. The van der Waals surface area contributed by atoms with Gasteiger partial charge in [0.15, 0.2) is 0 Å². The van der Waals surface area contributed by atoms with Gasteiger partial charge in [-0.3, -0.25) is 4.79 Å². The zero-order chi connectivity index (χ0) is 9.23. The second-order valence-corrected chi connectivity index (χ2v) is 2.37. The number of hydrogen-bond acceptors (Lipinski definition) is 4. The summed E-state index contributed by atoms with van der Waals surface area (Å²) in [6.45, 7) is 2.36. The maximum atomic E-state index is 10.3. The van der Waals surface area contributed by atoms with Crippen molar-refractivity contribution in [2.75, 3.05) is 13.2 Å². The Morgan fingerprint density at radius 1 is 1.42 bits per heavy atom. The van der Waals surface area contributed by atoms with Crippen LogP contribution in [-0.4, -0.2) is 25.2 Å². The van der Waals surface area contributed by atoms with Crippen molar-refractivity contribution >= 4 is 12.0 Å². The number of hydrogen-bond donors (Lipinski definition) is 0. The van der Waals surface area contributed by atoms with E-state index in [1.54, 1.807) is 0 Å². The molecule has 0 amide bonds. The summed E-state index contributed by atoms with van der Waals surface area (Å²) in [5, 5.41) is 0. The highest BCUT2D eigenvalue weighted by molar-refractivity contribution is 5.65. The van der Waals surface area contributed by atoms with Crippen LogP contribution in [0.1, 0.15) is 26.2 Å². The lowest BCUT2D eigenvalue weighted by molar-refractivity contribution is -0.141. The fourth-order valence-corrected chi connectivity index (χ4v) is 0.731. The van der Waals surface area contributed by atoms with Crippen LogP contribution in [0.3, 0.4) is 0 Å². The fourth-order valence-electron chi connectivity index (χ4n) is 0.731. The lowest BCUT2D eigenvalue weighted by Gasteiger charge is -1.99. The zero-order valence-corrected chi connectivity index (χ0v) is 7.21. The highest BCUT2D eigenvalue weighted by Crippen LogP contribution is 1.95. The highest BCUT2D eigenvalue weighted by Gasteiger charge is 1.92. The average Bonchev–Trinajstić information content (AvgIpc) is 2.02. The van der Waals surface area contributed by atoms with Gasteiger partial charge >= 0.3 is 5.97 Å². The van der Waals surface area contributed by atoms with Crippen molar-refractivity contribution in [2.24, 2.45) is 4.99 Å². The molecule has 0 saturated heterocycles. The van der Waals surface area contributed by atoms with Crippen molar-refractivity contribution in [3.05, 3.63) is 0 Å². The van der Waals surface area contributed by atoms with E-state index in [0.29, 0.717) is 13.2 Å². The Hall–Kier alpha value is -1.15. The lowest BCUT2D eigenvalue weighted by atomic mass is 10.2. The van der Waals surface area contributed by atoms with Crippen molar-refractivity contribution < 1.29 is 14.3 Å². The van der Waals surface area contributed by atoms with Crippen LogP contribution in [0, 0.1) is 0 Å². The average molecular weight is 171 g/mol. The van der Waals surface area contributed by atoms with E-state index < -0.39 is 0 Å². The van der Waals surface area contributed by atoms with Crippen LogP contribution in [0.15, 0.2) is 4.99 Å². The number of esters is 1. The molecule has 0 aliphatic heterocycles. The Labute approximate surface area is 71.6 Å². The summed E-state index contributed by atoms with van der Waals surface area (Å²) in [6, 6.07) is 0. The van der Waals surface area contributed by atoms with E-state index in [4.69, 9.17) is 4.74 Å². The molecule has 0 aromatic heterocycles. The largest absolute Gasteiger partial charge is 0.466 e. The number of carbonyl (C=O) groups excluding carboxylic acids is 2. The summed E-state index contributed by atoms with van der Waals surface area (Å²) in [6.07, 6.45) is 4.05. The second kappa shape index (κ2) is 7.95. The van der Waals surface area contributed by atoms with Gasteiger partial charge in [-0.1, -0.05) is 0 Å². The topological polar surface area (TPSA) is 55.7 Å². The van der Waals surface area contributed by atoms with Crippen molar-refractivity contribution in [3.8, 4) is 0 Å². The van der Waals surface area contributed by atoms with Crippen LogP contribution < -0.4 is 0 Å². The summed E-state index contributed by atoms with van der Waals surface area (Å²) in [4.78, 5) is 23.3. The monoisotopic (exact) mass is 171 g/mol. The van der Waals surface area contributed by atoms with E-state index in [9.17, 15) is 9.59 Å². The predicted molar refractivity (Wildman–Crippen MR) is 43.5 cm³/mol. The molecule has 0 aromatic carbocycles. The van der Waals surface area contributed by atoms with Crippen LogP contribution in [0.5, 0.6) is 0 Å². The number of ether oxygens (including phenoxy) is 1. The maximum absolute atomic E-state index is 10.3. The molecule has 0 aliphatic rings. The molecule has 0 atom stereocenters. The molecule has 4 nitrogen and oxygen atoms in total. The van der Waals surface area contributed by atoms with E-state index >= 15 is 0 Å². The van der Waals surface area contributed by atoms with Crippen molar-refractivity contribution in [2.45, 2.75) is 26.2 Å². The number of aliphatic imine (C=N–C) groups is 1. The quantitative estimate of drug-likeness (QED) is 0.260. The van der Waals surface area contributed by atoms with Gasteiger partial charge in [0, 0.05) is 6.92 Å². The minimum Gasteiger partial charge on any atom is -0.466 e. The van der Waals surface area contributed by atoms with Gasteiger partial charge in [-0.2, -0.15) is 0 Å². The van der Waals surface area contributed by atoms with Crippen molar-refractivity contribution in [1.82, 2.24) is 0 Å². The Morgan fingerprint density at radius 2 is 2.17 bits per heavy atom. The molecule has 4 heteroatoms. The number of isocyanates is 1. The molecule has 0 aromatic rings. The summed E-state index contributed by atoms with van der Waals surface area (Å²) in [5.41, 5.74) is 0. The van der Waals surface area contributed by atoms with Gasteiger partial charge in [0.1, 0.15) is 0 Å². The van der Waals surface area contributed by atoms with E-state index in [-0.39, 0.29) is 5.97 Å². The minimum atomic E-state index is -0.249. The first-order valence-corrected chi connectivity index (χ1v) is 3.94. The Morgan fingerprint density at radius 3 is 2.75 bits per heavy atom. The molecule has 0 aliphatic carbocycles. The Bertz CT molecular complexity index is 167. The van der Waals surface area contributed by atoms with Gasteiger partial charge in [0.2, 0.25) is 6.08 Å². The van der Waals surface area contributed by atoms with Gasteiger partial charge in [-0.25, -0.2) is 9.79 Å². The number of carbonyl (C=O) groups is 1. The smallest absolute Gasteiger partial charge is 0.302 e. The molecular weight excluding hydrogens is 158 g/mol. The first kappa shape index (κ1) is 10.8. The summed E-state index contributed by atoms with van der Waals surface area (Å²) >= 11 is 0. The Balaban J connectivity index is 3.00. The fraction of sp³-hybridized carbons (Fsp3) is 0.750. The molecule has 0 radical (unpaired) electrons. The second-order valence-electron chi connectivity index (χ2n) is 2.37. The van der Waals surface area contributed by atoms with Gasteiger partial charge in [0.05, 0.1) is 13.2 Å². The molecule has 0 fully saturated rings. The van der Waals surface area contributed by atoms with Crippen LogP contribution in [-0.2, 0) is 14.3 Å². The molecule has 68 valence electrons. The first-order chi connectivity index (χ1) is 5.77. The van der Waals surface area contributed by atoms with Crippen LogP contribution in [0.4, 0.5) is 0 Å². The SMILES string of the molecule is CC(=O)OCCCCCN=C=O. The van der Waals surface area contributed by atoms with E-state index in [1.165, 1.54) is 13.0 Å². The van der Waals surface area contributed by atoms with Crippen LogP contribution in [0.25, 0.3) is 0 Å². The molecule has 0 bridgehead atoms. The van der Waals surface area contributed by atoms with Crippen molar-refractivity contribution in [3.63, 3.8) is 0 Å². The summed E-state index contributed by atoms with van der Waals surface area (Å²) < 4.78 is 4.70. The van der Waals surface area contributed by atoms with Gasteiger partial charge in [-0.05, 0) is 19.3 Å². The molecule has 0 unspecified atom stereocenters. The van der Waals surface area contributed by atoms with E-state index in [1.807, 2.05) is 0 Å². The highest BCUT2D eigenvalue weighted by atomic mass is 16.5.